The minimum absolute atomic E-state index is 0. The summed E-state index contributed by atoms with van der Waals surface area (Å²) in [6.45, 7) is 3.94. The number of rotatable bonds is 0. The van der Waals surface area contributed by atoms with Gasteiger partial charge in [-0.05, 0) is 0 Å². The van der Waals surface area contributed by atoms with E-state index in [0.29, 0.717) is 0 Å². The van der Waals surface area contributed by atoms with Gasteiger partial charge in [-0.1, -0.05) is 25.7 Å². The summed E-state index contributed by atoms with van der Waals surface area (Å²) in [6, 6.07) is 0. The van der Waals surface area contributed by atoms with Crippen LogP contribution in [0.2, 0.25) is 0 Å². The second kappa shape index (κ2) is 6.61. The van der Waals surface area contributed by atoms with Gasteiger partial charge in [-0.3, -0.25) is 0 Å². The molecule has 2 heteroatoms. The molecule has 1 aliphatic carbocycles. The van der Waals surface area contributed by atoms with Crippen LogP contribution in [0.3, 0.4) is 0 Å². The largest absolute Gasteiger partial charge is 2.00 e. The van der Waals surface area contributed by atoms with E-state index in [1.54, 1.807) is 0 Å². The zero-order valence-corrected chi connectivity index (χ0v) is 8.77. The second-order valence-corrected chi connectivity index (χ2v) is 2.15. The van der Waals surface area contributed by atoms with Crippen LogP contribution in [0.4, 0.5) is 0 Å². The molecule has 0 bridgehead atoms. The molecule has 0 aromatic carbocycles. The number of hydrogen-bond acceptors (Lipinski definition) is 0. The molecule has 0 saturated heterocycles. The Morgan fingerprint density at radius 2 is 1.50 bits per heavy atom. The van der Waals surface area contributed by atoms with E-state index in [2.05, 4.69) is 6.92 Å². The van der Waals surface area contributed by atoms with Gasteiger partial charge in [0.15, 0.2) is 0 Å². The SMILES string of the molecule is [CH2-]C1CCCC1.[I-].[Mg+2]. The van der Waals surface area contributed by atoms with Crippen LogP contribution in [-0.4, -0.2) is 23.1 Å². The second-order valence-electron chi connectivity index (χ2n) is 2.15. The zero-order valence-electron chi connectivity index (χ0n) is 5.20. The third-order valence-corrected chi connectivity index (χ3v) is 1.47. The topological polar surface area (TPSA) is 0 Å². The maximum Gasteiger partial charge on any atom is 2.00 e. The molecule has 0 aromatic rings. The third-order valence-electron chi connectivity index (χ3n) is 1.47. The predicted molar refractivity (Wildman–Crippen MR) is 33.1 cm³/mol. The molecule has 1 saturated carbocycles. The number of hydrogen-bond donors (Lipinski definition) is 0. The Morgan fingerprint density at radius 1 is 1.12 bits per heavy atom. The Kier molecular flexibility index (Phi) is 10.1. The molecule has 0 aliphatic heterocycles. The molecule has 0 atom stereocenters. The zero-order chi connectivity index (χ0) is 4.41. The first kappa shape index (κ1) is 12.2. The normalized spacial score (nSPS) is 19.1. The minimum atomic E-state index is 0. The van der Waals surface area contributed by atoms with Crippen LogP contribution in [-0.2, 0) is 0 Å². The van der Waals surface area contributed by atoms with Crippen molar-refractivity contribution in [3.8, 4) is 0 Å². The first-order chi connectivity index (χ1) is 2.89. The standard InChI is InChI=1S/C6H11.HI.Mg/c1-6-4-2-3-5-6;;/h6H,1-5H2;1H;/q-1;;+2/p-1. The summed E-state index contributed by atoms with van der Waals surface area (Å²) in [4.78, 5) is 0. The van der Waals surface area contributed by atoms with Crippen LogP contribution in [0.25, 0.3) is 0 Å². The van der Waals surface area contributed by atoms with Crippen LogP contribution >= 0.6 is 0 Å². The summed E-state index contributed by atoms with van der Waals surface area (Å²) in [5, 5.41) is 0. The molecule has 0 heterocycles. The summed E-state index contributed by atoms with van der Waals surface area (Å²) < 4.78 is 0. The molecule has 44 valence electrons. The van der Waals surface area contributed by atoms with E-state index in [0.717, 1.165) is 5.92 Å². The first-order valence-corrected chi connectivity index (χ1v) is 2.72. The van der Waals surface area contributed by atoms with Crippen LogP contribution < -0.4 is 24.0 Å². The Labute approximate surface area is 85.0 Å². The van der Waals surface area contributed by atoms with E-state index < -0.39 is 0 Å². The Morgan fingerprint density at radius 3 is 1.62 bits per heavy atom. The van der Waals surface area contributed by atoms with Gasteiger partial charge in [0.25, 0.3) is 0 Å². The van der Waals surface area contributed by atoms with Gasteiger partial charge in [-0.15, -0.1) is 0 Å². The van der Waals surface area contributed by atoms with Crippen molar-refractivity contribution in [2.75, 3.05) is 0 Å². The molecule has 1 aliphatic rings. The fourth-order valence-corrected chi connectivity index (χ4v) is 1.01. The van der Waals surface area contributed by atoms with Crippen molar-refractivity contribution in [2.24, 2.45) is 5.92 Å². The van der Waals surface area contributed by atoms with E-state index in [1.807, 2.05) is 0 Å². The molecule has 0 radical (unpaired) electrons. The average molecular weight is 234 g/mol. The van der Waals surface area contributed by atoms with Gasteiger partial charge in [0, 0.05) is 0 Å². The fourth-order valence-electron chi connectivity index (χ4n) is 1.01. The van der Waals surface area contributed by atoms with Crippen molar-refractivity contribution < 1.29 is 24.0 Å². The van der Waals surface area contributed by atoms with E-state index in [4.69, 9.17) is 0 Å². The van der Waals surface area contributed by atoms with E-state index in [-0.39, 0.29) is 47.0 Å². The van der Waals surface area contributed by atoms with Gasteiger partial charge in [-0.25, -0.2) is 0 Å². The van der Waals surface area contributed by atoms with Crippen molar-refractivity contribution in [1.29, 1.82) is 0 Å². The molecule has 0 nitrogen and oxygen atoms in total. The molecule has 1 rings (SSSR count). The minimum Gasteiger partial charge on any atom is -1.00 e. The monoisotopic (exact) mass is 234 g/mol. The summed E-state index contributed by atoms with van der Waals surface area (Å²) in [6.07, 6.45) is 5.60. The predicted octanol–water partition coefficient (Wildman–Crippen LogP) is -1.37. The summed E-state index contributed by atoms with van der Waals surface area (Å²) >= 11 is 0. The molecule has 0 aromatic heterocycles. The smallest absolute Gasteiger partial charge is 1.00 e. The quantitative estimate of drug-likeness (QED) is 0.276. The van der Waals surface area contributed by atoms with E-state index in [1.165, 1.54) is 25.7 Å². The maximum atomic E-state index is 3.94. The van der Waals surface area contributed by atoms with Crippen LogP contribution in [0.1, 0.15) is 25.7 Å². The van der Waals surface area contributed by atoms with Crippen molar-refractivity contribution >= 4 is 23.1 Å². The molecule has 0 amide bonds. The van der Waals surface area contributed by atoms with Crippen LogP contribution in [0.15, 0.2) is 0 Å². The van der Waals surface area contributed by atoms with Gasteiger partial charge in [0.1, 0.15) is 0 Å². The maximum absolute atomic E-state index is 3.94. The van der Waals surface area contributed by atoms with Crippen molar-refractivity contribution in [3.63, 3.8) is 0 Å². The summed E-state index contributed by atoms with van der Waals surface area (Å²) in [7, 11) is 0. The molecule has 0 unspecified atom stereocenters. The summed E-state index contributed by atoms with van der Waals surface area (Å²) in [5.41, 5.74) is 0. The Balaban J connectivity index is 0. The molecule has 1 fully saturated rings. The first-order valence-electron chi connectivity index (χ1n) is 2.72. The van der Waals surface area contributed by atoms with Crippen molar-refractivity contribution in [1.82, 2.24) is 0 Å². The van der Waals surface area contributed by atoms with Gasteiger partial charge in [0.05, 0.1) is 0 Å². The van der Waals surface area contributed by atoms with Crippen molar-refractivity contribution in [2.45, 2.75) is 25.7 Å². The Bertz CT molecular complexity index is 41.8. The number of halogens is 1. The fraction of sp³-hybridized carbons (Fsp3) is 0.833. The van der Waals surface area contributed by atoms with Gasteiger partial charge >= 0.3 is 23.1 Å². The molecule has 0 N–H and O–H groups in total. The van der Waals surface area contributed by atoms with Gasteiger partial charge in [0.2, 0.25) is 0 Å². The van der Waals surface area contributed by atoms with Gasteiger partial charge < -0.3 is 30.9 Å². The van der Waals surface area contributed by atoms with Crippen LogP contribution in [0, 0.1) is 12.8 Å². The third kappa shape index (κ3) is 4.38. The summed E-state index contributed by atoms with van der Waals surface area (Å²) in [5.74, 6) is 0.796. The molecular formula is C6H11IMg. The average Bonchev–Trinajstić information content (AvgIpc) is 1.86. The van der Waals surface area contributed by atoms with Crippen molar-refractivity contribution in [3.05, 3.63) is 6.92 Å². The molecule has 0 spiro atoms. The molecular weight excluding hydrogens is 223 g/mol. The molecule has 8 heavy (non-hydrogen) atoms. The Hall–Kier alpha value is 1.50. The van der Waals surface area contributed by atoms with Gasteiger partial charge in [-0.2, -0.15) is 5.92 Å². The van der Waals surface area contributed by atoms with Crippen LogP contribution in [0.5, 0.6) is 0 Å². The van der Waals surface area contributed by atoms with E-state index in [9.17, 15) is 0 Å². The van der Waals surface area contributed by atoms with E-state index >= 15 is 0 Å².